The lowest BCUT2D eigenvalue weighted by atomic mass is 10.1. The first-order chi connectivity index (χ1) is 12.6. The van der Waals surface area contributed by atoms with E-state index in [2.05, 4.69) is 29.0 Å². The normalized spacial score (nSPS) is 10.3. The maximum atomic E-state index is 12.2. The van der Waals surface area contributed by atoms with Gasteiger partial charge in [-0.3, -0.25) is 4.79 Å². The van der Waals surface area contributed by atoms with Crippen molar-refractivity contribution < 1.29 is 14.3 Å². The number of hydrogen-bond acceptors (Lipinski definition) is 5. The van der Waals surface area contributed by atoms with E-state index in [-0.39, 0.29) is 5.91 Å². The van der Waals surface area contributed by atoms with E-state index in [1.807, 2.05) is 30.3 Å². The van der Waals surface area contributed by atoms with Gasteiger partial charge in [0, 0.05) is 19.5 Å². The summed E-state index contributed by atoms with van der Waals surface area (Å²) in [7, 11) is 3.20. The second-order valence-electron chi connectivity index (χ2n) is 5.81. The van der Waals surface area contributed by atoms with E-state index < -0.39 is 0 Å². The van der Waals surface area contributed by atoms with Gasteiger partial charge >= 0.3 is 0 Å². The Labute approximate surface area is 155 Å². The number of carbonyl (C=O) groups is 1. The fraction of sp³-hybridized carbons (Fsp3) is 0.400. The van der Waals surface area contributed by atoms with Crippen molar-refractivity contribution in [1.29, 1.82) is 0 Å². The standard InChI is InChI=1S/C20H27N3O3/c1-5-23(6-2)19-11-9-16(14-21-19)22-20(24)12-8-15-7-10-17(25-3)18(13-15)26-4/h7,9-11,13-14H,5-6,8,12H2,1-4H3,(H,22,24). The molecule has 6 nitrogen and oxygen atoms in total. The van der Waals surface area contributed by atoms with E-state index in [0.717, 1.165) is 24.5 Å². The maximum absolute atomic E-state index is 12.2. The van der Waals surface area contributed by atoms with Gasteiger partial charge in [-0.15, -0.1) is 0 Å². The number of carbonyl (C=O) groups excluding carboxylic acids is 1. The van der Waals surface area contributed by atoms with Crippen molar-refractivity contribution in [1.82, 2.24) is 4.98 Å². The van der Waals surface area contributed by atoms with E-state index in [1.54, 1.807) is 20.4 Å². The summed E-state index contributed by atoms with van der Waals surface area (Å²) in [6.07, 6.45) is 2.70. The van der Waals surface area contributed by atoms with Crippen molar-refractivity contribution in [3.8, 4) is 11.5 Å². The number of pyridine rings is 1. The third-order valence-electron chi connectivity index (χ3n) is 4.21. The van der Waals surface area contributed by atoms with Crippen molar-refractivity contribution in [2.45, 2.75) is 26.7 Å². The number of amides is 1. The molecule has 0 aliphatic carbocycles. The summed E-state index contributed by atoms with van der Waals surface area (Å²) in [6.45, 7) is 5.99. The molecular formula is C20H27N3O3. The molecular weight excluding hydrogens is 330 g/mol. The largest absolute Gasteiger partial charge is 0.493 e. The molecule has 1 N–H and O–H groups in total. The molecule has 0 bridgehead atoms. The lowest BCUT2D eigenvalue weighted by molar-refractivity contribution is -0.116. The minimum atomic E-state index is -0.0443. The second-order valence-corrected chi connectivity index (χ2v) is 5.81. The summed E-state index contributed by atoms with van der Waals surface area (Å²) < 4.78 is 10.5. The zero-order chi connectivity index (χ0) is 18.9. The molecule has 6 heteroatoms. The predicted molar refractivity (Wildman–Crippen MR) is 104 cm³/mol. The Morgan fingerprint density at radius 2 is 1.81 bits per heavy atom. The monoisotopic (exact) mass is 357 g/mol. The molecule has 0 fully saturated rings. The van der Waals surface area contributed by atoms with Gasteiger partial charge in [0.05, 0.1) is 26.1 Å². The quantitative estimate of drug-likeness (QED) is 0.744. The topological polar surface area (TPSA) is 63.7 Å². The molecule has 2 aromatic rings. The number of rotatable bonds is 9. The molecule has 140 valence electrons. The zero-order valence-corrected chi connectivity index (χ0v) is 15.9. The number of benzene rings is 1. The molecule has 0 unspecified atom stereocenters. The summed E-state index contributed by atoms with van der Waals surface area (Å²) >= 11 is 0. The Morgan fingerprint density at radius 3 is 2.38 bits per heavy atom. The molecule has 0 radical (unpaired) electrons. The summed E-state index contributed by atoms with van der Waals surface area (Å²) in [4.78, 5) is 18.8. The van der Waals surface area contributed by atoms with Crippen molar-refractivity contribution in [2.75, 3.05) is 37.5 Å². The van der Waals surface area contributed by atoms with Gasteiger partial charge in [-0.2, -0.15) is 0 Å². The Hall–Kier alpha value is -2.76. The van der Waals surface area contributed by atoms with Gasteiger partial charge in [-0.1, -0.05) is 6.07 Å². The first kappa shape index (κ1) is 19.6. The minimum absolute atomic E-state index is 0.0443. The van der Waals surface area contributed by atoms with Crippen molar-refractivity contribution in [3.05, 3.63) is 42.1 Å². The van der Waals surface area contributed by atoms with Gasteiger partial charge in [0.1, 0.15) is 5.82 Å². The SMILES string of the molecule is CCN(CC)c1ccc(NC(=O)CCc2ccc(OC)c(OC)c2)cn1. The molecule has 26 heavy (non-hydrogen) atoms. The van der Waals surface area contributed by atoms with Gasteiger partial charge in [-0.25, -0.2) is 4.98 Å². The molecule has 2 rings (SSSR count). The number of nitrogens with zero attached hydrogens (tertiary/aromatic N) is 2. The van der Waals surface area contributed by atoms with Gasteiger partial charge in [0.25, 0.3) is 0 Å². The van der Waals surface area contributed by atoms with E-state index in [9.17, 15) is 4.79 Å². The van der Waals surface area contributed by atoms with Gasteiger partial charge < -0.3 is 19.7 Å². The molecule has 0 saturated heterocycles. The van der Waals surface area contributed by atoms with Crippen LogP contribution in [-0.4, -0.2) is 38.2 Å². The third kappa shape index (κ3) is 5.12. The highest BCUT2D eigenvalue weighted by molar-refractivity contribution is 5.90. The summed E-state index contributed by atoms with van der Waals surface area (Å²) in [5, 5.41) is 2.89. The van der Waals surface area contributed by atoms with Crippen LogP contribution >= 0.6 is 0 Å². The Balaban J connectivity index is 1.91. The van der Waals surface area contributed by atoms with Gasteiger partial charge in [-0.05, 0) is 50.1 Å². The van der Waals surface area contributed by atoms with Crippen molar-refractivity contribution >= 4 is 17.4 Å². The highest BCUT2D eigenvalue weighted by Gasteiger charge is 2.08. The van der Waals surface area contributed by atoms with E-state index >= 15 is 0 Å². The lowest BCUT2D eigenvalue weighted by Crippen LogP contribution is -2.22. The smallest absolute Gasteiger partial charge is 0.224 e. The Morgan fingerprint density at radius 1 is 1.08 bits per heavy atom. The van der Waals surface area contributed by atoms with Gasteiger partial charge in [0.15, 0.2) is 11.5 Å². The van der Waals surface area contributed by atoms with E-state index in [0.29, 0.717) is 30.0 Å². The van der Waals surface area contributed by atoms with Crippen LogP contribution in [0.3, 0.4) is 0 Å². The van der Waals surface area contributed by atoms with Crippen LogP contribution in [0.2, 0.25) is 0 Å². The highest BCUT2D eigenvalue weighted by atomic mass is 16.5. The van der Waals surface area contributed by atoms with Crippen molar-refractivity contribution in [3.63, 3.8) is 0 Å². The minimum Gasteiger partial charge on any atom is -0.493 e. The number of aromatic nitrogens is 1. The molecule has 0 saturated carbocycles. The molecule has 1 aromatic heterocycles. The van der Waals surface area contributed by atoms with Crippen LogP contribution in [-0.2, 0) is 11.2 Å². The first-order valence-corrected chi connectivity index (χ1v) is 8.83. The number of nitrogens with one attached hydrogen (secondary N) is 1. The Bertz CT molecular complexity index is 713. The number of aryl methyl sites for hydroxylation is 1. The molecule has 1 amide bonds. The van der Waals surface area contributed by atoms with Crippen LogP contribution < -0.4 is 19.7 Å². The maximum Gasteiger partial charge on any atom is 0.224 e. The van der Waals surface area contributed by atoms with Crippen LogP contribution in [0.5, 0.6) is 11.5 Å². The summed E-state index contributed by atoms with van der Waals surface area (Å²) in [5.74, 6) is 2.22. The van der Waals surface area contributed by atoms with Crippen LogP contribution in [0.4, 0.5) is 11.5 Å². The molecule has 0 spiro atoms. The average Bonchev–Trinajstić information content (AvgIpc) is 2.68. The molecule has 0 atom stereocenters. The molecule has 1 aromatic carbocycles. The zero-order valence-electron chi connectivity index (χ0n) is 15.9. The number of ether oxygens (including phenoxy) is 2. The fourth-order valence-corrected chi connectivity index (χ4v) is 2.71. The van der Waals surface area contributed by atoms with Crippen LogP contribution in [0.1, 0.15) is 25.8 Å². The van der Waals surface area contributed by atoms with Gasteiger partial charge in [0.2, 0.25) is 5.91 Å². The summed E-state index contributed by atoms with van der Waals surface area (Å²) in [5.41, 5.74) is 1.73. The number of hydrogen-bond donors (Lipinski definition) is 1. The summed E-state index contributed by atoms with van der Waals surface area (Å²) in [6, 6.07) is 9.50. The van der Waals surface area contributed by atoms with Crippen LogP contribution in [0.25, 0.3) is 0 Å². The average molecular weight is 357 g/mol. The number of anilines is 2. The molecule has 1 heterocycles. The number of methoxy groups -OCH3 is 2. The second kappa shape index (κ2) is 9.65. The van der Waals surface area contributed by atoms with E-state index in [1.165, 1.54) is 0 Å². The predicted octanol–water partition coefficient (Wildman–Crippen LogP) is 3.52. The third-order valence-corrected chi connectivity index (χ3v) is 4.21. The first-order valence-electron chi connectivity index (χ1n) is 8.83. The van der Waals surface area contributed by atoms with Crippen molar-refractivity contribution in [2.24, 2.45) is 0 Å². The Kier molecular flexibility index (Phi) is 7.26. The highest BCUT2D eigenvalue weighted by Crippen LogP contribution is 2.28. The molecule has 0 aliphatic rings. The lowest BCUT2D eigenvalue weighted by Gasteiger charge is -2.19. The van der Waals surface area contributed by atoms with Crippen LogP contribution in [0.15, 0.2) is 36.5 Å². The van der Waals surface area contributed by atoms with E-state index in [4.69, 9.17) is 9.47 Å². The molecule has 0 aliphatic heterocycles. The fourth-order valence-electron chi connectivity index (χ4n) is 2.71. The van der Waals surface area contributed by atoms with Crippen LogP contribution in [0, 0.1) is 0 Å².